The van der Waals surface area contributed by atoms with Gasteiger partial charge in [-0.1, -0.05) is 30.3 Å². The standard InChI is InChI=1S/C23H20BrN3O4S/c1-15(22(28)27-21-12-11-18(24)14-25-21)13-26-23(29)17-9-7-16(8-10-17)19-5-3-4-6-20(19)32(2,30)31/h3-14H,1-2H3,(H,26,29)(H,25,27,28)/b15-13-. The molecule has 1 aromatic heterocycles. The zero-order valence-corrected chi connectivity index (χ0v) is 19.7. The third-order valence-electron chi connectivity index (χ3n) is 4.49. The number of carbonyl (C=O) groups is 2. The van der Waals surface area contributed by atoms with Crippen molar-refractivity contribution in [1.29, 1.82) is 0 Å². The number of nitrogens with one attached hydrogen (secondary N) is 2. The largest absolute Gasteiger partial charge is 0.328 e. The van der Waals surface area contributed by atoms with E-state index < -0.39 is 21.7 Å². The van der Waals surface area contributed by atoms with Crippen LogP contribution >= 0.6 is 15.9 Å². The predicted octanol–water partition coefficient (Wildman–Crippen LogP) is 4.19. The summed E-state index contributed by atoms with van der Waals surface area (Å²) < 4.78 is 24.8. The molecule has 0 saturated heterocycles. The SMILES string of the molecule is C/C(=C/NC(=O)c1ccc(-c2ccccc2S(C)(=O)=O)cc1)C(=O)Nc1ccc(Br)cn1. The van der Waals surface area contributed by atoms with Crippen molar-refractivity contribution < 1.29 is 18.0 Å². The number of sulfone groups is 1. The lowest BCUT2D eigenvalue weighted by atomic mass is 10.0. The predicted molar refractivity (Wildman–Crippen MR) is 127 cm³/mol. The topological polar surface area (TPSA) is 105 Å². The van der Waals surface area contributed by atoms with Crippen molar-refractivity contribution in [2.75, 3.05) is 11.6 Å². The molecule has 0 saturated carbocycles. The van der Waals surface area contributed by atoms with E-state index in [9.17, 15) is 18.0 Å². The van der Waals surface area contributed by atoms with Gasteiger partial charge in [-0.3, -0.25) is 9.59 Å². The number of hydrogen-bond donors (Lipinski definition) is 2. The number of anilines is 1. The highest BCUT2D eigenvalue weighted by molar-refractivity contribution is 9.10. The quantitative estimate of drug-likeness (QED) is 0.480. The van der Waals surface area contributed by atoms with Gasteiger partial charge in [-0.25, -0.2) is 13.4 Å². The van der Waals surface area contributed by atoms with Gasteiger partial charge in [0.25, 0.3) is 11.8 Å². The first-order chi connectivity index (χ1) is 15.1. The van der Waals surface area contributed by atoms with Crippen molar-refractivity contribution in [3.63, 3.8) is 0 Å². The summed E-state index contributed by atoms with van der Waals surface area (Å²) in [4.78, 5) is 29.0. The minimum Gasteiger partial charge on any atom is -0.328 e. The molecule has 0 fully saturated rings. The third-order valence-corrected chi connectivity index (χ3v) is 6.12. The molecule has 0 aliphatic carbocycles. The Morgan fingerprint density at radius 2 is 1.69 bits per heavy atom. The Labute approximate surface area is 194 Å². The smallest absolute Gasteiger partial charge is 0.255 e. The van der Waals surface area contributed by atoms with Crippen LogP contribution in [0.3, 0.4) is 0 Å². The molecule has 0 bridgehead atoms. The molecule has 2 N–H and O–H groups in total. The average molecular weight is 514 g/mol. The molecule has 1 heterocycles. The van der Waals surface area contributed by atoms with E-state index in [-0.39, 0.29) is 4.90 Å². The average Bonchev–Trinajstić information content (AvgIpc) is 2.78. The minimum absolute atomic E-state index is 0.224. The van der Waals surface area contributed by atoms with E-state index >= 15 is 0 Å². The summed E-state index contributed by atoms with van der Waals surface area (Å²) in [5.41, 5.74) is 1.90. The third kappa shape index (κ3) is 5.89. The van der Waals surface area contributed by atoms with Crippen molar-refractivity contribution in [2.24, 2.45) is 0 Å². The summed E-state index contributed by atoms with van der Waals surface area (Å²) in [6.07, 6.45) is 4.04. The van der Waals surface area contributed by atoms with E-state index in [4.69, 9.17) is 0 Å². The van der Waals surface area contributed by atoms with Crippen molar-refractivity contribution in [2.45, 2.75) is 11.8 Å². The molecule has 164 valence electrons. The van der Waals surface area contributed by atoms with Gasteiger partial charge in [0.15, 0.2) is 9.84 Å². The van der Waals surface area contributed by atoms with E-state index in [1.807, 2.05) is 0 Å². The Bertz CT molecular complexity index is 1290. The minimum atomic E-state index is -3.39. The van der Waals surface area contributed by atoms with Crippen LogP contribution in [0.1, 0.15) is 17.3 Å². The van der Waals surface area contributed by atoms with Crippen LogP contribution in [-0.4, -0.2) is 31.5 Å². The van der Waals surface area contributed by atoms with Gasteiger partial charge >= 0.3 is 0 Å². The molecule has 32 heavy (non-hydrogen) atoms. The maximum atomic E-state index is 12.4. The Morgan fingerprint density at radius 1 is 1.00 bits per heavy atom. The first kappa shape index (κ1) is 23.4. The van der Waals surface area contributed by atoms with E-state index in [0.29, 0.717) is 28.1 Å². The highest BCUT2D eigenvalue weighted by Gasteiger charge is 2.14. The summed E-state index contributed by atoms with van der Waals surface area (Å²) in [5, 5.41) is 5.22. The van der Waals surface area contributed by atoms with Gasteiger partial charge in [-0.15, -0.1) is 0 Å². The van der Waals surface area contributed by atoms with Gasteiger partial charge in [-0.05, 0) is 58.7 Å². The summed E-state index contributed by atoms with van der Waals surface area (Å²) in [6.45, 7) is 1.57. The van der Waals surface area contributed by atoms with Gasteiger partial charge in [0, 0.05) is 39.8 Å². The first-order valence-electron chi connectivity index (χ1n) is 9.45. The zero-order valence-electron chi connectivity index (χ0n) is 17.3. The second kappa shape index (κ2) is 9.88. The number of benzene rings is 2. The number of hydrogen-bond acceptors (Lipinski definition) is 5. The lowest BCUT2D eigenvalue weighted by Gasteiger charge is -2.09. The lowest BCUT2D eigenvalue weighted by molar-refractivity contribution is -0.112. The number of nitrogens with zero attached hydrogens (tertiary/aromatic N) is 1. The molecule has 0 atom stereocenters. The van der Waals surface area contributed by atoms with E-state index in [0.717, 1.165) is 10.7 Å². The second-order valence-corrected chi connectivity index (χ2v) is 9.86. The molecule has 2 aromatic carbocycles. The lowest BCUT2D eigenvalue weighted by Crippen LogP contribution is -2.21. The number of aromatic nitrogens is 1. The molecule has 9 heteroatoms. The Morgan fingerprint density at radius 3 is 2.31 bits per heavy atom. The molecular weight excluding hydrogens is 494 g/mol. The molecule has 7 nitrogen and oxygen atoms in total. The van der Waals surface area contributed by atoms with Gasteiger partial charge in [0.2, 0.25) is 0 Å². The van der Waals surface area contributed by atoms with E-state index in [1.54, 1.807) is 73.8 Å². The number of rotatable bonds is 6. The number of carbonyl (C=O) groups excluding carboxylic acids is 2. The molecule has 0 unspecified atom stereocenters. The van der Waals surface area contributed by atoms with Crippen LogP contribution in [0.4, 0.5) is 5.82 Å². The summed E-state index contributed by atoms with van der Waals surface area (Å²) in [7, 11) is -3.39. The van der Waals surface area contributed by atoms with Crippen LogP contribution in [0.15, 0.2) is 88.0 Å². The van der Waals surface area contributed by atoms with Crippen LogP contribution in [0.25, 0.3) is 11.1 Å². The van der Waals surface area contributed by atoms with Crippen molar-refractivity contribution in [3.05, 3.63) is 88.7 Å². The maximum Gasteiger partial charge on any atom is 0.255 e. The Kier molecular flexibility index (Phi) is 7.22. The summed E-state index contributed by atoms with van der Waals surface area (Å²) >= 11 is 3.27. The van der Waals surface area contributed by atoms with Crippen LogP contribution in [0.2, 0.25) is 0 Å². The van der Waals surface area contributed by atoms with Gasteiger partial charge in [0.1, 0.15) is 5.82 Å². The first-order valence-corrected chi connectivity index (χ1v) is 12.1. The number of pyridine rings is 1. The number of amides is 2. The fourth-order valence-corrected chi connectivity index (χ4v) is 3.96. The van der Waals surface area contributed by atoms with Crippen molar-refractivity contribution >= 4 is 43.4 Å². The molecule has 2 amide bonds. The van der Waals surface area contributed by atoms with Crippen molar-refractivity contribution in [3.8, 4) is 11.1 Å². The van der Waals surface area contributed by atoms with Gasteiger partial charge in [0.05, 0.1) is 4.90 Å². The second-order valence-electron chi connectivity index (χ2n) is 6.96. The Hall–Kier alpha value is -3.30. The molecule has 0 aliphatic rings. The molecule has 3 aromatic rings. The van der Waals surface area contributed by atoms with Crippen LogP contribution in [0, 0.1) is 0 Å². The fraction of sp³-hybridized carbons (Fsp3) is 0.0870. The van der Waals surface area contributed by atoms with Crippen LogP contribution < -0.4 is 10.6 Å². The van der Waals surface area contributed by atoms with Crippen LogP contribution in [-0.2, 0) is 14.6 Å². The van der Waals surface area contributed by atoms with Gasteiger partial charge < -0.3 is 10.6 Å². The Balaban J connectivity index is 1.69. The van der Waals surface area contributed by atoms with E-state index in [2.05, 4.69) is 31.5 Å². The van der Waals surface area contributed by atoms with E-state index in [1.165, 1.54) is 6.20 Å². The fourth-order valence-electron chi connectivity index (χ4n) is 2.82. The number of halogens is 1. The zero-order chi connectivity index (χ0) is 23.3. The maximum absolute atomic E-state index is 12.4. The normalized spacial score (nSPS) is 11.7. The highest BCUT2D eigenvalue weighted by atomic mass is 79.9. The van der Waals surface area contributed by atoms with Crippen LogP contribution in [0.5, 0.6) is 0 Å². The highest BCUT2D eigenvalue weighted by Crippen LogP contribution is 2.27. The molecule has 0 aliphatic heterocycles. The van der Waals surface area contributed by atoms with Crippen molar-refractivity contribution in [1.82, 2.24) is 10.3 Å². The molecule has 0 spiro atoms. The summed E-state index contributed by atoms with van der Waals surface area (Å²) in [5.74, 6) is -0.406. The van der Waals surface area contributed by atoms with Gasteiger partial charge in [-0.2, -0.15) is 0 Å². The molecule has 0 radical (unpaired) electrons. The monoisotopic (exact) mass is 513 g/mol. The molecular formula is C23H20BrN3O4S. The molecule has 3 rings (SSSR count). The summed E-state index contributed by atoms with van der Waals surface area (Å²) in [6, 6.07) is 16.6.